The number of methoxy groups -OCH3 is 2. The number of carbonyl (C=O) groups excluding carboxylic acids is 4. The molecule has 2 aliphatic rings. The second-order valence-corrected chi connectivity index (χ2v) is 10.5. The smallest absolute Gasteiger partial charge is 0.422 e. The van der Waals surface area contributed by atoms with Crippen LogP contribution in [-0.4, -0.2) is 79.6 Å². The van der Waals surface area contributed by atoms with Gasteiger partial charge in [-0.3, -0.25) is 9.59 Å². The predicted molar refractivity (Wildman–Crippen MR) is 152 cm³/mol. The molecule has 0 aliphatic carbocycles. The van der Waals surface area contributed by atoms with E-state index in [2.05, 4.69) is 10.2 Å². The number of allylic oxidation sites excluding steroid dienone is 1. The Balaban J connectivity index is 1.54. The number of nitrogens with zero attached hydrogens (tertiary/aromatic N) is 3. The van der Waals surface area contributed by atoms with Crippen molar-refractivity contribution in [2.75, 3.05) is 40.4 Å². The molecule has 4 rings (SSSR count). The SMILES string of the molecule is CCC1=C(N(C=O)CCCN2CCC(C(=O)OC)(c3ccccc3)CC2)C(c2ccc(F)c(F)c2)NC(=O)N1C(=O)OC. The zero-order valence-electron chi connectivity index (χ0n) is 24.5. The highest BCUT2D eigenvalue weighted by Crippen LogP contribution is 2.37. The number of benzene rings is 2. The first kappa shape index (κ1) is 31.6. The summed E-state index contributed by atoms with van der Waals surface area (Å²) < 4.78 is 37.9. The number of urea groups is 1. The number of nitrogens with one attached hydrogen (secondary N) is 1. The van der Waals surface area contributed by atoms with E-state index in [1.54, 1.807) is 6.92 Å². The van der Waals surface area contributed by atoms with E-state index in [0.717, 1.165) is 29.7 Å². The first-order valence-electron chi connectivity index (χ1n) is 14.2. The number of carbonyl (C=O) groups is 4. The molecule has 10 nitrogen and oxygen atoms in total. The highest BCUT2D eigenvalue weighted by atomic mass is 19.2. The molecule has 2 aromatic carbocycles. The van der Waals surface area contributed by atoms with Gasteiger partial charge in [-0.25, -0.2) is 18.4 Å². The first-order chi connectivity index (χ1) is 20.7. The van der Waals surface area contributed by atoms with Gasteiger partial charge in [-0.1, -0.05) is 43.3 Å². The molecule has 4 amide bonds. The Hall–Kier alpha value is -4.32. The molecule has 0 radical (unpaired) electrons. The maximum absolute atomic E-state index is 14.2. The minimum absolute atomic E-state index is 0.170. The molecule has 230 valence electrons. The van der Waals surface area contributed by atoms with Crippen LogP contribution in [0, 0.1) is 11.6 Å². The summed E-state index contributed by atoms with van der Waals surface area (Å²) in [5.74, 6) is -2.43. The highest BCUT2D eigenvalue weighted by Gasteiger charge is 2.44. The molecule has 1 atom stereocenters. The van der Waals surface area contributed by atoms with Gasteiger partial charge in [0.1, 0.15) is 0 Å². The largest absolute Gasteiger partial charge is 0.468 e. The summed E-state index contributed by atoms with van der Waals surface area (Å²) in [6.45, 7) is 3.80. The van der Waals surface area contributed by atoms with Crippen LogP contribution in [0.4, 0.5) is 18.4 Å². The van der Waals surface area contributed by atoms with E-state index in [1.165, 1.54) is 18.1 Å². The normalized spacial score (nSPS) is 18.6. The van der Waals surface area contributed by atoms with Gasteiger partial charge in [0, 0.05) is 6.54 Å². The van der Waals surface area contributed by atoms with Crippen molar-refractivity contribution in [2.24, 2.45) is 0 Å². The molecule has 2 heterocycles. The number of piperidine rings is 1. The Morgan fingerprint density at radius 1 is 1.07 bits per heavy atom. The second-order valence-electron chi connectivity index (χ2n) is 10.5. The van der Waals surface area contributed by atoms with Crippen molar-refractivity contribution in [1.29, 1.82) is 0 Å². The van der Waals surface area contributed by atoms with Gasteiger partial charge < -0.3 is 24.6 Å². The minimum Gasteiger partial charge on any atom is -0.468 e. The molecule has 43 heavy (non-hydrogen) atoms. The third-order valence-corrected chi connectivity index (χ3v) is 8.20. The van der Waals surface area contributed by atoms with Crippen LogP contribution in [-0.2, 0) is 24.5 Å². The number of imide groups is 1. The zero-order chi connectivity index (χ0) is 31.1. The van der Waals surface area contributed by atoms with Crippen LogP contribution >= 0.6 is 0 Å². The molecule has 1 unspecified atom stereocenters. The topological polar surface area (TPSA) is 108 Å². The van der Waals surface area contributed by atoms with Crippen LogP contribution in [0.2, 0.25) is 0 Å². The number of ether oxygens (including phenoxy) is 2. The fraction of sp³-hybridized carbons (Fsp3) is 0.419. The van der Waals surface area contributed by atoms with E-state index in [4.69, 9.17) is 9.47 Å². The van der Waals surface area contributed by atoms with Gasteiger partial charge in [-0.2, -0.15) is 4.90 Å². The molecular formula is C31H36F2N4O6. The van der Waals surface area contributed by atoms with Crippen molar-refractivity contribution in [3.8, 4) is 0 Å². The molecule has 0 saturated carbocycles. The van der Waals surface area contributed by atoms with Crippen LogP contribution in [0.5, 0.6) is 0 Å². The predicted octanol–water partition coefficient (Wildman–Crippen LogP) is 4.47. The van der Waals surface area contributed by atoms with Crippen LogP contribution < -0.4 is 5.32 Å². The van der Waals surface area contributed by atoms with E-state index in [-0.39, 0.29) is 35.9 Å². The number of likely N-dealkylation sites (tertiary alicyclic amines) is 1. The summed E-state index contributed by atoms with van der Waals surface area (Å²) in [5.41, 5.74) is 0.880. The Bertz CT molecular complexity index is 1380. The fourth-order valence-corrected chi connectivity index (χ4v) is 5.96. The lowest BCUT2D eigenvalue weighted by molar-refractivity contribution is -0.149. The second kappa shape index (κ2) is 13.8. The van der Waals surface area contributed by atoms with Gasteiger partial charge in [0.2, 0.25) is 6.41 Å². The fourth-order valence-electron chi connectivity index (χ4n) is 5.96. The molecule has 1 saturated heterocycles. The molecule has 2 aromatic rings. The molecule has 0 bridgehead atoms. The summed E-state index contributed by atoms with van der Waals surface area (Å²) in [6, 6.07) is 11.0. The number of amides is 4. The Kier molecular flexibility index (Phi) is 10.1. The minimum atomic E-state index is -1.11. The van der Waals surface area contributed by atoms with Crippen molar-refractivity contribution in [3.05, 3.63) is 82.7 Å². The lowest BCUT2D eigenvalue weighted by atomic mass is 9.72. The molecule has 1 fully saturated rings. The number of hydrogen-bond acceptors (Lipinski definition) is 7. The number of rotatable bonds is 10. The zero-order valence-corrected chi connectivity index (χ0v) is 24.5. The van der Waals surface area contributed by atoms with E-state index in [0.29, 0.717) is 45.3 Å². The van der Waals surface area contributed by atoms with E-state index >= 15 is 0 Å². The maximum Gasteiger partial charge on any atom is 0.422 e. The lowest BCUT2D eigenvalue weighted by Gasteiger charge is -2.41. The van der Waals surface area contributed by atoms with E-state index in [9.17, 15) is 28.0 Å². The van der Waals surface area contributed by atoms with Gasteiger partial charge in [0.05, 0.1) is 37.1 Å². The van der Waals surface area contributed by atoms with Crippen LogP contribution in [0.1, 0.15) is 49.8 Å². The third-order valence-electron chi connectivity index (χ3n) is 8.20. The number of hydrogen-bond donors (Lipinski definition) is 1. The number of halogens is 2. The van der Waals surface area contributed by atoms with Crippen molar-refractivity contribution >= 4 is 24.5 Å². The van der Waals surface area contributed by atoms with Gasteiger partial charge in [-0.05, 0) is 68.6 Å². The maximum atomic E-state index is 14.2. The average Bonchev–Trinajstić information content (AvgIpc) is 3.04. The summed E-state index contributed by atoms with van der Waals surface area (Å²) >= 11 is 0. The highest BCUT2D eigenvalue weighted by molar-refractivity contribution is 5.95. The summed E-state index contributed by atoms with van der Waals surface area (Å²) in [4.78, 5) is 55.3. The monoisotopic (exact) mass is 598 g/mol. The van der Waals surface area contributed by atoms with Crippen molar-refractivity contribution < 1.29 is 37.4 Å². The summed E-state index contributed by atoms with van der Waals surface area (Å²) in [7, 11) is 2.53. The standard InChI is InChI=1S/C31H36F2N4O6/c1-4-25-27(26(21-11-12-23(32)24(33)19-21)34-29(40)37(25)30(41)43-3)36(20-38)16-8-15-35-17-13-31(14-18-35,28(39)42-2)22-9-6-5-7-10-22/h5-7,9-12,19-20,26H,4,8,13-18H2,1-3H3,(H,34,40). The average molecular weight is 599 g/mol. The Labute approximate surface area is 249 Å². The van der Waals surface area contributed by atoms with Crippen LogP contribution in [0.3, 0.4) is 0 Å². The number of esters is 1. The van der Waals surface area contributed by atoms with Crippen LogP contribution in [0.25, 0.3) is 0 Å². The molecule has 0 aromatic heterocycles. The van der Waals surface area contributed by atoms with Gasteiger partial charge in [0.15, 0.2) is 11.6 Å². The Morgan fingerprint density at radius 2 is 1.77 bits per heavy atom. The molecule has 1 N–H and O–H groups in total. The van der Waals surface area contributed by atoms with Crippen molar-refractivity contribution in [1.82, 2.24) is 20.0 Å². The van der Waals surface area contributed by atoms with Gasteiger partial charge in [0.25, 0.3) is 0 Å². The first-order valence-corrected chi connectivity index (χ1v) is 14.2. The quantitative estimate of drug-likeness (QED) is 0.318. The molecule has 12 heteroatoms. The van der Waals surface area contributed by atoms with Crippen LogP contribution in [0.15, 0.2) is 59.9 Å². The van der Waals surface area contributed by atoms with Gasteiger partial charge >= 0.3 is 18.1 Å². The van der Waals surface area contributed by atoms with Crippen molar-refractivity contribution in [3.63, 3.8) is 0 Å². The summed E-state index contributed by atoms with van der Waals surface area (Å²) in [5, 5.41) is 2.64. The Morgan fingerprint density at radius 3 is 2.35 bits per heavy atom. The molecule has 0 spiro atoms. The third kappa shape index (κ3) is 6.38. The molecular weight excluding hydrogens is 562 g/mol. The van der Waals surface area contributed by atoms with Gasteiger partial charge in [-0.15, -0.1) is 0 Å². The van der Waals surface area contributed by atoms with E-state index < -0.39 is 35.2 Å². The molecule has 2 aliphatic heterocycles. The summed E-state index contributed by atoms with van der Waals surface area (Å²) in [6.07, 6.45) is 1.49. The van der Waals surface area contributed by atoms with Crippen molar-refractivity contribution in [2.45, 2.75) is 44.1 Å². The van der Waals surface area contributed by atoms with E-state index in [1.807, 2.05) is 30.3 Å². The lowest BCUT2D eigenvalue weighted by Crippen LogP contribution is -2.52.